The zero-order valence-corrected chi connectivity index (χ0v) is 12.0. The molecular formula is C14H15Cl2N3. The number of halogens is 2. The van der Waals surface area contributed by atoms with Gasteiger partial charge in [-0.25, -0.2) is 4.98 Å². The van der Waals surface area contributed by atoms with Crippen LogP contribution >= 0.6 is 23.2 Å². The van der Waals surface area contributed by atoms with E-state index in [2.05, 4.69) is 14.9 Å². The van der Waals surface area contributed by atoms with Gasteiger partial charge in [0.15, 0.2) is 0 Å². The predicted molar refractivity (Wildman–Crippen MR) is 79.5 cm³/mol. The average molecular weight is 296 g/mol. The molecule has 1 aromatic heterocycles. The van der Waals surface area contributed by atoms with E-state index in [1.165, 1.54) is 25.7 Å². The minimum absolute atomic E-state index is 0.552. The molecule has 0 saturated heterocycles. The molecule has 1 saturated carbocycles. The third-order valence-corrected chi connectivity index (χ3v) is 4.11. The molecule has 1 aliphatic carbocycles. The van der Waals surface area contributed by atoms with Crippen molar-refractivity contribution in [3.8, 4) is 0 Å². The van der Waals surface area contributed by atoms with Gasteiger partial charge in [-0.3, -0.25) is 0 Å². The van der Waals surface area contributed by atoms with Gasteiger partial charge in [0.25, 0.3) is 0 Å². The summed E-state index contributed by atoms with van der Waals surface area (Å²) in [6, 6.07) is 5.97. The molecule has 100 valence electrons. The van der Waals surface area contributed by atoms with Crippen molar-refractivity contribution in [2.75, 3.05) is 5.32 Å². The quantitative estimate of drug-likeness (QED) is 0.859. The van der Waals surface area contributed by atoms with Gasteiger partial charge < -0.3 is 9.88 Å². The Morgan fingerprint density at radius 1 is 1.21 bits per heavy atom. The summed E-state index contributed by atoms with van der Waals surface area (Å²) in [6.45, 7) is 0. The maximum Gasteiger partial charge on any atom is 0.207 e. The van der Waals surface area contributed by atoms with Gasteiger partial charge in [-0.05, 0) is 31.0 Å². The summed E-state index contributed by atoms with van der Waals surface area (Å²) in [6.07, 6.45) is 8.89. The van der Waals surface area contributed by atoms with Gasteiger partial charge in [0.2, 0.25) is 5.95 Å². The molecule has 0 bridgehead atoms. The Labute approximate surface area is 122 Å². The van der Waals surface area contributed by atoms with Gasteiger partial charge in [-0.1, -0.05) is 36.0 Å². The Hall–Kier alpha value is -1.19. The minimum atomic E-state index is 0.552. The second kappa shape index (κ2) is 5.43. The summed E-state index contributed by atoms with van der Waals surface area (Å²) in [5, 5.41) is 4.53. The monoisotopic (exact) mass is 295 g/mol. The topological polar surface area (TPSA) is 29.9 Å². The molecule has 0 spiro atoms. The van der Waals surface area contributed by atoms with Crippen LogP contribution in [-0.2, 0) is 0 Å². The van der Waals surface area contributed by atoms with E-state index in [1.54, 1.807) is 6.07 Å². The summed E-state index contributed by atoms with van der Waals surface area (Å²) in [7, 11) is 0. The summed E-state index contributed by atoms with van der Waals surface area (Å²) in [4.78, 5) is 4.38. The lowest BCUT2D eigenvalue weighted by atomic mass is 10.2. The molecule has 0 atom stereocenters. The third-order valence-electron chi connectivity index (χ3n) is 3.56. The molecule has 2 aromatic rings. The van der Waals surface area contributed by atoms with Gasteiger partial charge in [0, 0.05) is 23.5 Å². The van der Waals surface area contributed by atoms with E-state index >= 15 is 0 Å². The first kappa shape index (κ1) is 12.8. The highest BCUT2D eigenvalue weighted by Gasteiger charge is 2.19. The van der Waals surface area contributed by atoms with Crippen molar-refractivity contribution in [1.82, 2.24) is 9.55 Å². The van der Waals surface area contributed by atoms with E-state index in [4.69, 9.17) is 23.2 Å². The fourth-order valence-electron chi connectivity index (χ4n) is 2.60. The van der Waals surface area contributed by atoms with E-state index in [-0.39, 0.29) is 0 Å². The first-order valence-corrected chi connectivity index (χ1v) is 7.24. The number of imidazole rings is 1. The summed E-state index contributed by atoms with van der Waals surface area (Å²) in [5.74, 6) is 0.844. The number of hydrogen-bond acceptors (Lipinski definition) is 2. The molecule has 3 nitrogen and oxygen atoms in total. The Balaban J connectivity index is 1.85. The highest BCUT2D eigenvalue weighted by atomic mass is 35.5. The number of benzene rings is 1. The van der Waals surface area contributed by atoms with E-state index < -0.39 is 0 Å². The van der Waals surface area contributed by atoms with Gasteiger partial charge >= 0.3 is 0 Å². The van der Waals surface area contributed by atoms with Crippen LogP contribution in [0.5, 0.6) is 0 Å². The number of nitrogens with zero attached hydrogens (tertiary/aromatic N) is 2. The Bertz CT molecular complexity index is 574. The SMILES string of the molecule is Clc1ccc(Nc2nccn2C2CCCC2)c(Cl)c1. The summed E-state index contributed by atoms with van der Waals surface area (Å²) < 4.78 is 2.21. The van der Waals surface area contributed by atoms with Crippen LogP contribution in [0, 0.1) is 0 Å². The van der Waals surface area contributed by atoms with Crippen LogP contribution in [0.4, 0.5) is 11.6 Å². The van der Waals surface area contributed by atoms with Crippen LogP contribution < -0.4 is 5.32 Å². The number of nitrogens with one attached hydrogen (secondary N) is 1. The van der Waals surface area contributed by atoms with Crippen molar-refractivity contribution in [1.29, 1.82) is 0 Å². The van der Waals surface area contributed by atoms with E-state index in [1.807, 2.05) is 24.5 Å². The molecule has 0 radical (unpaired) electrons. The number of hydrogen-bond donors (Lipinski definition) is 1. The van der Waals surface area contributed by atoms with Crippen LogP contribution in [0.15, 0.2) is 30.6 Å². The molecule has 1 aromatic carbocycles. The highest BCUT2D eigenvalue weighted by molar-refractivity contribution is 6.36. The smallest absolute Gasteiger partial charge is 0.207 e. The highest BCUT2D eigenvalue weighted by Crippen LogP contribution is 2.33. The van der Waals surface area contributed by atoms with Gasteiger partial charge in [0.1, 0.15) is 0 Å². The van der Waals surface area contributed by atoms with Gasteiger partial charge in [0.05, 0.1) is 10.7 Å². The molecule has 3 rings (SSSR count). The van der Waals surface area contributed by atoms with E-state index in [9.17, 15) is 0 Å². The van der Waals surface area contributed by atoms with Crippen LogP contribution in [-0.4, -0.2) is 9.55 Å². The number of rotatable bonds is 3. The Morgan fingerprint density at radius 3 is 2.74 bits per heavy atom. The molecule has 1 fully saturated rings. The summed E-state index contributed by atoms with van der Waals surface area (Å²) in [5.41, 5.74) is 0.830. The zero-order valence-electron chi connectivity index (χ0n) is 10.4. The lowest BCUT2D eigenvalue weighted by Gasteiger charge is -2.16. The number of aromatic nitrogens is 2. The largest absolute Gasteiger partial charge is 0.324 e. The molecule has 1 aliphatic rings. The van der Waals surface area contributed by atoms with Crippen LogP contribution in [0.2, 0.25) is 10.0 Å². The molecule has 0 amide bonds. The predicted octanol–water partition coefficient (Wildman–Crippen LogP) is 5.05. The van der Waals surface area contributed by atoms with Crippen molar-refractivity contribution in [3.63, 3.8) is 0 Å². The van der Waals surface area contributed by atoms with Crippen LogP contribution in [0.25, 0.3) is 0 Å². The standard InChI is InChI=1S/C14H15Cl2N3/c15-10-5-6-13(12(16)9-10)18-14-17-7-8-19(14)11-3-1-2-4-11/h5-9,11H,1-4H2,(H,17,18). The molecule has 1 N–H and O–H groups in total. The second-order valence-corrected chi connectivity index (χ2v) is 5.69. The molecular weight excluding hydrogens is 281 g/mol. The van der Waals surface area contributed by atoms with Gasteiger partial charge in [-0.2, -0.15) is 0 Å². The molecule has 0 unspecified atom stereocenters. The van der Waals surface area contributed by atoms with Crippen molar-refractivity contribution in [2.45, 2.75) is 31.7 Å². The third kappa shape index (κ3) is 2.72. The Morgan fingerprint density at radius 2 is 2.00 bits per heavy atom. The molecule has 5 heteroatoms. The fraction of sp³-hybridized carbons (Fsp3) is 0.357. The van der Waals surface area contributed by atoms with Crippen LogP contribution in [0.3, 0.4) is 0 Å². The fourth-order valence-corrected chi connectivity index (χ4v) is 3.05. The van der Waals surface area contributed by atoms with Crippen molar-refractivity contribution < 1.29 is 0 Å². The minimum Gasteiger partial charge on any atom is -0.324 e. The molecule has 0 aliphatic heterocycles. The maximum atomic E-state index is 6.17. The van der Waals surface area contributed by atoms with Crippen molar-refractivity contribution in [2.24, 2.45) is 0 Å². The maximum absolute atomic E-state index is 6.17. The Kier molecular flexibility index (Phi) is 3.67. The van der Waals surface area contributed by atoms with E-state index in [0.717, 1.165) is 11.6 Å². The molecule has 1 heterocycles. The lowest BCUT2D eigenvalue weighted by molar-refractivity contribution is 0.525. The van der Waals surface area contributed by atoms with Gasteiger partial charge in [-0.15, -0.1) is 0 Å². The first-order valence-electron chi connectivity index (χ1n) is 6.49. The van der Waals surface area contributed by atoms with E-state index in [0.29, 0.717) is 16.1 Å². The second-order valence-electron chi connectivity index (χ2n) is 4.85. The zero-order chi connectivity index (χ0) is 13.2. The number of anilines is 2. The molecule has 19 heavy (non-hydrogen) atoms. The van der Waals surface area contributed by atoms with Crippen LogP contribution in [0.1, 0.15) is 31.7 Å². The van der Waals surface area contributed by atoms with Crippen molar-refractivity contribution >= 4 is 34.8 Å². The first-order chi connectivity index (χ1) is 9.24. The average Bonchev–Trinajstić information content (AvgIpc) is 3.03. The lowest BCUT2D eigenvalue weighted by Crippen LogP contribution is -2.08. The normalized spacial score (nSPS) is 15.9. The summed E-state index contributed by atoms with van der Waals surface area (Å²) >= 11 is 12.1. The van der Waals surface area contributed by atoms with Crippen molar-refractivity contribution in [3.05, 3.63) is 40.6 Å².